The van der Waals surface area contributed by atoms with Gasteiger partial charge in [-0.15, -0.1) is 11.3 Å². The highest BCUT2D eigenvalue weighted by Crippen LogP contribution is 2.31. The van der Waals surface area contributed by atoms with Crippen molar-refractivity contribution in [3.8, 4) is 0 Å². The predicted molar refractivity (Wildman–Crippen MR) is 79.1 cm³/mol. The molecule has 1 aromatic heterocycles. The Kier molecular flexibility index (Phi) is 4.81. The third kappa shape index (κ3) is 3.03. The average molecular weight is 295 g/mol. The molecule has 0 saturated carbocycles. The molecule has 0 aliphatic heterocycles. The topological polar surface area (TPSA) is 46.6 Å². The van der Waals surface area contributed by atoms with Crippen LogP contribution in [0.15, 0.2) is 5.38 Å². The minimum Gasteiger partial charge on any atom is -0.468 e. The normalized spacial score (nSPS) is 14.0. The molecule has 20 heavy (non-hydrogen) atoms. The molecule has 1 aliphatic carbocycles. The molecule has 1 amide bonds. The smallest absolute Gasteiger partial charge is 0.325 e. The monoisotopic (exact) mass is 295 g/mol. The van der Waals surface area contributed by atoms with Crippen LogP contribution in [0, 0.1) is 0 Å². The molecule has 0 fully saturated rings. The van der Waals surface area contributed by atoms with Gasteiger partial charge in [-0.25, -0.2) is 0 Å². The van der Waals surface area contributed by atoms with Crippen LogP contribution in [0.3, 0.4) is 0 Å². The van der Waals surface area contributed by atoms with E-state index >= 15 is 0 Å². The van der Waals surface area contributed by atoms with Crippen molar-refractivity contribution in [2.24, 2.45) is 0 Å². The zero-order chi connectivity index (χ0) is 14.7. The maximum atomic E-state index is 12.7. The molecular formula is C15H21NO3S. The van der Waals surface area contributed by atoms with Crippen LogP contribution in [-0.2, 0) is 22.4 Å². The van der Waals surface area contributed by atoms with Crippen molar-refractivity contribution in [2.75, 3.05) is 13.7 Å². The van der Waals surface area contributed by atoms with E-state index < -0.39 is 0 Å². The van der Waals surface area contributed by atoms with Crippen LogP contribution in [0.2, 0.25) is 0 Å². The number of thiophene rings is 1. The number of amides is 1. The molecule has 1 aliphatic rings. The maximum Gasteiger partial charge on any atom is 0.325 e. The second kappa shape index (κ2) is 6.39. The quantitative estimate of drug-likeness (QED) is 0.802. The lowest BCUT2D eigenvalue weighted by molar-refractivity contribution is -0.141. The number of hydrogen-bond donors (Lipinski definition) is 0. The van der Waals surface area contributed by atoms with E-state index in [1.165, 1.54) is 24.0 Å². The Morgan fingerprint density at radius 3 is 2.70 bits per heavy atom. The van der Waals surface area contributed by atoms with Crippen molar-refractivity contribution in [3.05, 3.63) is 21.4 Å². The Balaban J connectivity index is 2.23. The van der Waals surface area contributed by atoms with Crippen LogP contribution in [0.1, 0.15) is 47.5 Å². The zero-order valence-corrected chi connectivity index (χ0v) is 13.1. The van der Waals surface area contributed by atoms with E-state index in [4.69, 9.17) is 0 Å². The van der Waals surface area contributed by atoms with Gasteiger partial charge in [0.1, 0.15) is 6.54 Å². The Hall–Kier alpha value is -1.36. The van der Waals surface area contributed by atoms with Crippen molar-refractivity contribution in [1.82, 2.24) is 4.90 Å². The molecule has 0 atom stereocenters. The number of methoxy groups -OCH3 is 1. The highest BCUT2D eigenvalue weighted by molar-refractivity contribution is 7.10. The molecule has 0 unspecified atom stereocenters. The first-order valence-electron chi connectivity index (χ1n) is 7.01. The van der Waals surface area contributed by atoms with Crippen molar-refractivity contribution < 1.29 is 14.3 Å². The van der Waals surface area contributed by atoms with Crippen LogP contribution in [0.25, 0.3) is 0 Å². The summed E-state index contributed by atoms with van der Waals surface area (Å²) < 4.78 is 4.68. The lowest BCUT2D eigenvalue weighted by Gasteiger charge is -2.26. The Morgan fingerprint density at radius 2 is 2.05 bits per heavy atom. The lowest BCUT2D eigenvalue weighted by atomic mass is 9.95. The number of hydrogen-bond acceptors (Lipinski definition) is 4. The molecule has 0 radical (unpaired) electrons. The van der Waals surface area contributed by atoms with Crippen LogP contribution in [-0.4, -0.2) is 36.5 Å². The first-order chi connectivity index (χ1) is 9.54. The van der Waals surface area contributed by atoms with E-state index in [0.29, 0.717) is 0 Å². The second-order valence-corrected chi connectivity index (χ2v) is 6.33. The molecular weight excluding hydrogens is 274 g/mol. The molecule has 0 saturated heterocycles. The lowest BCUT2D eigenvalue weighted by Crippen LogP contribution is -2.41. The summed E-state index contributed by atoms with van der Waals surface area (Å²) in [5.41, 5.74) is 1.98. The molecule has 2 rings (SSSR count). The highest BCUT2D eigenvalue weighted by atomic mass is 32.1. The Bertz CT molecular complexity index is 507. The number of ether oxygens (including phenoxy) is 1. The summed E-state index contributed by atoms with van der Waals surface area (Å²) in [6, 6.07) is -0.0271. The highest BCUT2D eigenvalue weighted by Gasteiger charge is 2.27. The first kappa shape index (κ1) is 15.0. The van der Waals surface area contributed by atoms with Gasteiger partial charge in [0.25, 0.3) is 5.91 Å². The third-order valence-electron chi connectivity index (χ3n) is 3.70. The minimum absolute atomic E-state index is 0.0115. The van der Waals surface area contributed by atoms with Gasteiger partial charge in [-0.05, 0) is 45.1 Å². The van der Waals surface area contributed by atoms with Gasteiger partial charge < -0.3 is 9.64 Å². The van der Waals surface area contributed by atoms with Crippen molar-refractivity contribution in [1.29, 1.82) is 0 Å². The summed E-state index contributed by atoms with van der Waals surface area (Å²) in [5, 5.41) is 1.95. The van der Waals surface area contributed by atoms with E-state index in [0.717, 1.165) is 24.8 Å². The van der Waals surface area contributed by atoms with Gasteiger partial charge in [0.05, 0.1) is 12.7 Å². The number of esters is 1. The van der Waals surface area contributed by atoms with E-state index in [2.05, 4.69) is 4.74 Å². The molecule has 4 nitrogen and oxygen atoms in total. The van der Waals surface area contributed by atoms with Crippen LogP contribution in [0.4, 0.5) is 0 Å². The van der Waals surface area contributed by atoms with Crippen LogP contribution < -0.4 is 0 Å². The maximum absolute atomic E-state index is 12.7. The fourth-order valence-electron chi connectivity index (χ4n) is 2.52. The van der Waals surface area contributed by atoms with E-state index in [1.807, 2.05) is 19.2 Å². The Morgan fingerprint density at radius 1 is 1.35 bits per heavy atom. The van der Waals surface area contributed by atoms with Crippen LogP contribution >= 0.6 is 11.3 Å². The largest absolute Gasteiger partial charge is 0.468 e. The zero-order valence-electron chi connectivity index (χ0n) is 12.3. The molecule has 1 aromatic rings. The van der Waals surface area contributed by atoms with E-state index in [9.17, 15) is 9.59 Å². The van der Waals surface area contributed by atoms with Gasteiger partial charge >= 0.3 is 5.97 Å². The van der Waals surface area contributed by atoms with Gasteiger partial charge in [-0.1, -0.05) is 0 Å². The van der Waals surface area contributed by atoms with E-state index in [-0.39, 0.29) is 24.5 Å². The fraction of sp³-hybridized carbons (Fsp3) is 0.600. The SMILES string of the molecule is COC(=O)CN(C(=O)c1csc2c1CCCC2)C(C)C. The second-order valence-electron chi connectivity index (χ2n) is 5.36. The fourth-order valence-corrected chi connectivity index (χ4v) is 3.64. The Labute approximate surface area is 123 Å². The molecule has 0 N–H and O–H groups in total. The minimum atomic E-state index is -0.379. The number of fused-ring (bicyclic) bond motifs is 1. The summed E-state index contributed by atoms with van der Waals surface area (Å²) in [6.07, 6.45) is 4.40. The first-order valence-corrected chi connectivity index (χ1v) is 7.89. The average Bonchev–Trinajstić information content (AvgIpc) is 2.87. The molecule has 0 aromatic carbocycles. The van der Waals surface area contributed by atoms with Gasteiger partial charge in [-0.3, -0.25) is 9.59 Å². The van der Waals surface area contributed by atoms with E-state index in [1.54, 1.807) is 16.2 Å². The summed E-state index contributed by atoms with van der Waals surface area (Å²) in [6.45, 7) is 3.84. The number of nitrogens with zero attached hydrogens (tertiary/aromatic N) is 1. The molecule has 0 spiro atoms. The summed E-state index contributed by atoms with van der Waals surface area (Å²) in [5.74, 6) is -0.430. The van der Waals surface area contributed by atoms with Gasteiger partial charge in [-0.2, -0.15) is 0 Å². The molecule has 5 heteroatoms. The van der Waals surface area contributed by atoms with Gasteiger partial charge in [0.2, 0.25) is 0 Å². The number of rotatable bonds is 4. The molecule has 1 heterocycles. The summed E-state index contributed by atoms with van der Waals surface area (Å²) in [4.78, 5) is 27.1. The number of aryl methyl sites for hydroxylation is 1. The molecule has 110 valence electrons. The van der Waals surface area contributed by atoms with Crippen molar-refractivity contribution in [2.45, 2.75) is 45.6 Å². The standard InChI is InChI=1S/C15H21NO3S/c1-10(2)16(8-14(17)19-3)15(18)12-9-20-13-7-5-4-6-11(12)13/h9-10H,4-8H2,1-3H3. The van der Waals surface area contributed by atoms with Crippen molar-refractivity contribution in [3.63, 3.8) is 0 Å². The summed E-state index contributed by atoms with van der Waals surface area (Å²) in [7, 11) is 1.35. The summed E-state index contributed by atoms with van der Waals surface area (Å²) >= 11 is 1.67. The number of carbonyl (C=O) groups is 2. The third-order valence-corrected chi connectivity index (χ3v) is 4.79. The van der Waals surface area contributed by atoms with Gasteiger partial charge in [0.15, 0.2) is 0 Å². The molecule has 0 bridgehead atoms. The van der Waals surface area contributed by atoms with Crippen LogP contribution in [0.5, 0.6) is 0 Å². The predicted octanol–water partition coefficient (Wildman–Crippen LogP) is 2.65. The van der Waals surface area contributed by atoms with Gasteiger partial charge in [0, 0.05) is 16.3 Å². The van der Waals surface area contributed by atoms with Crippen molar-refractivity contribution >= 4 is 23.2 Å². The number of carbonyl (C=O) groups excluding carboxylic acids is 2.